The molecule has 0 atom stereocenters. The molecule has 7 heteroatoms. The molecule has 1 aliphatic carbocycles. The van der Waals surface area contributed by atoms with Crippen molar-refractivity contribution in [1.29, 1.82) is 0 Å². The van der Waals surface area contributed by atoms with Crippen LogP contribution >= 0.6 is 0 Å². The van der Waals surface area contributed by atoms with Gasteiger partial charge in [-0.25, -0.2) is 18.5 Å². The monoisotopic (exact) mass is 312 g/mol. The Hall–Kier alpha value is -1.18. The fourth-order valence-electron chi connectivity index (χ4n) is 2.60. The predicted octanol–water partition coefficient (Wildman–Crippen LogP) is 1.45. The Bertz CT molecular complexity index is 522. The van der Waals surface area contributed by atoms with Gasteiger partial charge in [0.05, 0.1) is 0 Å². The number of pyridine rings is 1. The van der Waals surface area contributed by atoms with Crippen LogP contribution in [0.1, 0.15) is 38.5 Å². The van der Waals surface area contributed by atoms with Crippen molar-refractivity contribution >= 4 is 15.8 Å². The molecule has 4 N–H and O–H groups in total. The van der Waals surface area contributed by atoms with Crippen LogP contribution in [0.15, 0.2) is 23.2 Å². The number of primary sulfonamides is 1. The normalized spacial score (nSPS) is 17.4. The Morgan fingerprint density at radius 2 is 1.86 bits per heavy atom. The van der Waals surface area contributed by atoms with Crippen molar-refractivity contribution in [2.45, 2.75) is 49.5 Å². The maximum absolute atomic E-state index is 11.1. The van der Waals surface area contributed by atoms with Crippen molar-refractivity contribution in [3.05, 3.63) is 18.3 Å². The van der Waals surface area contributed by atoms with Gasteiger partial charge in [-0.3, -0.25) is 0 Å². The van der Waals surface area contributed by atoms with Gasteiger partial charge >= 0.3 is 0 Å². The maximum Gasteiger partial charge on any atom is 0.239 e. The molecule has 1 heterocycles. The second-order valence-electron chi connectivity index (χ2n) is 5.49. The molecule has 1 aromatic rings. The molecule has 0 unspecified atom stereocenters. The summed E-state index contributed by atoms with van der Waals surface area (Å²) in [5.41, 5.74) is 0. The zero-order valence-corrected chi connectivity index (χ0v) is 13.0. The fourth-order valence-corrected chi connectivity index (χ4v) is 3.06. The van der Waals surface area contributed by atoms with Gasteiger partial charge in [-0.15, -0.1) is 0 Å². The van der Waals surface area contributed by atoms with E-state index >= 15 is 0 Å². The summed E-state index contributed by atoms with van der Waals surface area (Å²) in [7, 11) is -3.67. The lowest BCUT2D eigenvalue weighted by molar-refractivity contribution is 0.468. The van der Waals surface area contributed by atoms with Gasteiger partial charge in [0.15, 0.2) is 0 Å². The molecule has 0 amide bonds. The fraction of sp³-hybridized carbons (Fsp3) is 0.643. The van der Waals surface area contributed by atoms with E-state index in [1.54, 1.807) is 6.07 Å². The molecule has 0 bridgehead atoms. The highest BCUT2D eigenvalue weighted by Gasteiger charge is 2.11. The average Bonchev–Trinajstić information content (AvgIpc) is 2.72. The topological polar surface area (TPSA) is 97.1 Å². The van der Waals surface area contributed by atoms with Gasteiger partial charge in [0, 0.05) is 25.3 Å². The molecule has 0 aliphatic heterocycles. The third-order valence-corrected chi connectivity index (χ3v) is 4.68. The molecule has 2 rings (SSSR count). The number of nitrogens with two attached hydrogens (primary N) is 1. The molecule has 1 aliphatic rings. The third-order valence-electron chi connectivity index (χ3n) is 3.78. The van der Waals surface area contributed by atoms with Crippen LogP contribution in [0.3, 0.4) is 0 Å². The zero-order chi connectivity index (χ0) is 15.1. The van der Waals surface area contributed by atoms with E-state index in [2.05, 4.69) is 15.6 Å². The summed E-state index contributed by atoms with van der Waals surface area (Å²) >= 11 is 0. The van der Waals surface area contributed by atoms with E-state index in [4.69, 9.17) is 5.14 Å². The van der Waals surface area contributed by atoms with E-state index in [9.17, 15) is 8.42 Å². The van der Waals surface area contributed by atoms with Crippen molar-refractivity contribution in [2.75, 3.05) is 18.4 Å². The van der Waals surface area contributed by atoms with E-state index in [-0.39, 0.29) is 4.90 Å². The number of hydrogen-bond donors (Lipinski definition) is 3. The van der Waals surface area contributed by atoms with E-state index < -0.39 is 10.0 Å². The standard InChI is InChI=1S/C14H24N4O2S/c15-21(19,20)13-7-8-14(18-11-13)17-10-9-16-12-5-3-1-2-4-6-12/h7-8,11-12,16H,1-6,9-10H2,(H,17,18)(H2,15,19,20). The van der Waals surface area contributed by atoms with Gasteiger partial charge in [-0.05, 0) is 25.0 Å². The number of anilines is 1. The average molecular weight is 312 g/mol. The van der Waals surface area contributed by atoms with Gasteiger partial charge < -0.3 is 10.6 Å². The molecule has 0 spiro atoms. The number of aromatic nitrogens is 1. The van der Waals surface area contributed by atoms with Gasteiger partial charge in [0.25, 0.3) is 0 Å². The summed E-state index contributed by atoms with van der Waals surface area (Å²) < 4.78 is 22.2. The van der Waals surface area contributed by atoms with Crippen molar-refractivity contribution in [3.63, 3.8) is 0 Å². The maximum atomic E-state index is 11.1. The Morgan fingerprint density at radius 1 is 1.14 bits per heavy atom. The second-order valence-corrected chi connectivity index (χ2v) is 7.05. The van der Waals surface area contributed by atoms with Crippen LogP contribution in [0.25, 0.3) is 0 Å². The second kappa shape index (κ2) is 7.72. The summed E-state index contributed by atoms with van der Waals surface area (Å²) in [5, 5.41) is 11.8. The van der Waals surface area contributed by atoms with Crippen LogP contribution in [-0.4, -0.2) is 32.5 Å². The van der Waals surface area contributed by atoms with Crippen LogP contribution in [0.5, 0.6) is 0 Å². The molecule has 6 nitrogen and oxygen atoms in total. The minimum absolute atomic E-state index is 0.0321. The minimum Gasteiger partial charge on any atom is -0.369 e. The van der Waals surface area contributed by atoms with E-state index in [0.29, 0.717) is 11.9 Å². The minimum atomic E-state index is -3.67. The first-order valence-electron chi connectivity index (χ1n) is 7.52. The largest absolute Gasteiger partial charge is 0.369 e. The summed E-state index contributed by atoms with van der Waals surface area (Å²) in [5.74, 6) is 0.657. The molecule has 118 valence electrons. The van der Waals surface area contributed by atoms with Crippen molar-refractivity contribution in [2.24, 2.45) is 5.14 Å². The Labute approximate surface area is 126 Å². The predicted molar refractivity (Wildman–Crippen MR) is 83.6 cm³/mol. The van der Waals surface area contributed by atoms with Crippen LogP contribution < -0.4 is 15.8 Å². The van der Waals surface area contributed by atoms with Gasteiger partial charge in [-0.1, -0.05) is 25.7 Å². The van der Waals surface area contributed by atoms with Crippen molar-refractivity contribution < 1.29 is 8.42 Å². The van der Waals surface area contributed by atoms with Crippen LogP contribution in [0.2, 0.25) is 0 Å². The van der Waals surface area contributed by atoms with E-state index in [0.717, 1.165) is 13.1 Å². The van der Waals surface area contributed by atoms with Crippen LogP contribution in [0, 0.1) is 0 Å². The number of sulfonamides is 1. The zero-order valence-electron chi connectivity index (χ0n) is 12.2. The van der Waals surface area contributed by atoms with Gasteiger partial charge in [0.2, 0.25) is 10.0 Å². The summed E-state index contributed by atoms with van der Waals surface area (Å²) in [6, 6.07) is 3.72. The van der Waals surface area contributed by atoms with Crippen molar-refractivity contribution in [3.8, 4) is 0 Å². The first kappa shape index (κ1) is 16.2. The number of rotatable bonds is 6. The first-order chi connectivity index (χ1) is 10.1. The SMILES string of the molecule is NS(=O)(=O)c1ccc(NCCNC2CCCCCC2)nc1. The lowest BCUT2D eigenvalue weighted by atomic mass is 10.1. The Kier molecular flexibility index (Phi) is 5.96. The molecular weight excluding hydrogens is 288 g/mol. The number of hydrogen-bond acceptors (Lipinski definition) is 5. The first-order valence-corrected chi connectivity index (χ1v) is 9.06. The summed E-state index contributed by atoms with van der Waals surface area (Å²) in [4.78, 5) is 4.08. The lowest BCUT2D eigenvalue weighted by Gasteiger charge is -2.16. The highest BCUT2D eigenvalue weighted by Crippen LogP contribution is 2.16. The molecule has 0 aromatic carbocycles. The lowest BCUT2D eigenvalue weighted by Crippen LogP contribution is -2.32. The Balaban J connectivity index is 1.71. The smallest absolute Gasteiger partial charge is 0.239 e. The van der Waals surface area contributed by atoms with E-state index in [1.807, 2.05) is 0 Å². The van der Waals surface area contributed by atoms with E-state index in [1.165, 1.54) is 50.8 Å². The molecule has 1 aromatic heterocycles. The number of nitrogens with one attached hydrogen (secondary N) is 2. The third kappa shape index (κ3) is 5.61. The molecule has 1 fully saturated rings. The van der Waals surface area contributed by atoms with Crippen LogP contribution in [0.4, 0.5) is 5.82 Å². The molecule has 0 saturated heterocycles. The molecule has 21 heavy (non-hydrogen) atoms. The molecule has 0 radical (unpaired) electrons. The number of nitrogens with zero attached hydrogens (tertiary/aromatic N) is 1. The Morgan fingerprint density at radius 3 is 2.43 bits per heavy atom. The molecular formula is C14H24N4O2S. The highest BCUT2D eigenvalue weighted by molar-refractivity contribution is 7.89. The van der Waals surface area contributed by atoms with Gasteiger partial charge in [-0.2, -0.15) is 0 Å². The summed E-state index contributed by atoms with van der Waals surface area (Å²) in [6.45, 7) is 1.64. The molecule has 1 saturated carbocycles. The van der Waals surface area contributed by atoms with Crippen LogP contribution in [-0.2, 0) is 10.0 Å². The highest BCUT2D eigenvalue weighted by atomic mass is 32.2. The van der Waals surface area contributed by atoms with Gasteiger partial charge in [0.1, 0.15) is 10.7 Å². The summed E-state index contributed by atoms with van der Waals surface area (Å²) in [6.07, 6.45) is 9.16. The van der Waals surface area contributed by atoms with Crippen molar-refractivity contribution in [1.82, 2.24) is 10.3 Å². The quantitative estimate of drug-likeness (QED) is 0.546.